The van der Waals surface area contributed by atoms with Gasteiger partial charge < -0.3 is 4.74 Å². The first-order chi connectivity index (χ1) is 12.7. The highest BCUT2D eigenvalue weighted by molar-refractivity contribution is 8.01. The largest absolute Gasteiger partial charge is 0.481 e. The van der Waals surface area contributed by atoms with Crippen LogP contribution in [0.4, 0.5) is 5.13 Å². The molecule has 26 heavy (non-hydrogen) atoms. The van der Waals surface area contributed by atoms with Gasteiger partial charge in [-0.3, -0.25) is 10.1 Å². The lowest BCUT2D eigenvalue weighted by atomic mass is 10.1. The van der Waals surface area contributed by atoms with Crippen LogP contribution in [-0.4, -0.2) is 28.0 Å². The second-order valence-corrected chi connectivity index (χ2v) is 8.05. The summed E-state index contributed by atoms with van der Waals surface area (Å²) in [6.45, 7) is 4.04. The fourth-order valence-electron chi connectivity index (χ4n) is 2.42. The number of nitrogens with one attached hydrogen (secondary N) is 1. The van der Waals surface area contributed by atoms with Crippen LogP contribution in [0.5, 0.6) is 5.75 Å². The predicted molar refractivity (Wildman–Crippen MR) is 108 cm³/mol. The molecule has 0 bridgehead atoms. The predicted octanol–water partition coefficient (Wildman–Crippen LogP) is 4.99. The molecule has 1 atom stereocenters. The molecule has 0 saturated carbocycles. The van der Waals surface area contributed by atoms with Crippen LogP contribution in [0, 0.1) is 0 Å². The quantitative estimate of drug-likeness (QED) is 0.436. The van der Waals surface area contributed by atoms with Gasteiger partial charge in [-0.1, -0.05) is 67.3 Å². The Balaban J connectivity index is 1.65. The van der Waals surface area contributed by atoms with Crippen LogP contribution in [0.15, 0.2) is 46.8 Å². The highest BCUT2D eigenvalue weighted by Crippen LogP contribution is 2.26. The van der Waals surface area contributed by atoms with Crippen molar-refractivity contribution in [3.8, 4) is 5.75 Å². The van der Waals surface area contributed by atoms with Gasteiger partial charge in [0.15, 0.2) is 10.4 Å². The van der Waals surface area contributed by atoms with Crippen molar-refractivity contribution in [1.82, 2.24) is 10.2 Å². The molecule has 0 unspecified atom stereocenters. The summed E-state index contributed by atoms with van der Waals surface area (Å²) < 4.78 is 6.78. The SMILES string of the molecule is CCCSc1nnc(NC(=O)[C@H](CC)Oc2ccc3ccccc3c2)s1. The minimum atomic E-state index is -0.577. The number of nitrogens with zero attached hydrogens (tertiary/aromatic N) is 2. The molecule has 0 saturated heterocycles. The average molecular weight is 388 g/mol. The zero-order chi connectivity index (χ0) is 18.4. The number of benzene rings is 2. The third kappa shape index (κ3) is 4.74. The smallest absolute Gasteiger partial charge is 0.267 e. The van der Waals surface area contributed by atoms with Gasteiger partial charge in [0.2, 0.25) is 5.13 Å². The highest BCUT2D eigenvalue weighted by atomic mass is 32.2. The Hall–Kier alpha value is -2.12. The lowest BCUT2D eigenvalue weighted by Gasteiger charge is -2.16. The Kier molecular flexibility index (Phi) is 6.46. The minimum Gasteiger partial charge on any atom is -0.481 e. The molecule has 3 rings (SSSR count). The minimum absolute atomic E-state index is 0.205. The number of amides is 1. The topological polar surface area (TPSA) is 64.1 Å². The van der Waals surface area contributed by atoms with Crippen molar-refractivity contribution in [2.24, 2.45) is 0 Å². The third-order valence-electron chi connectivity index (χ3n) is 3.73. The molecule has 7 heteroatoms. The van der Waals surface area contributed by atoms with Gasteiger partial charge in [0.25, 0.3) is 5.91 Å². The van der Waals surface area contributed by atoms with Crippen LogP contribution in [0.3, 0.4) is 0 Å². The van der Waals surface area contributed by atoms with E-state index in [1.807, 2.05) is 49.4 Å². The van der Waals surface area contributed by atoms with Crippen LogP contribution in [0.2, 0.25) is 0 Å². The summed E-state index contributed by atoms with van der Waals surface area (Å²) in [5.41, 5.74) is 0. The van der Waals surface area contributed by atoms with Crippen molar-refractivity contribution in [2.75, 3.05) is 11.1 Å². The Morgan fingerprint density at radius 1 is 1.19 bits per heavy atom. The molecule has 5 nitrogen and oxygen atoms in total. The Morgan fingerprint density at radius 3 is 2.77 bits per heavy atom. The molecule has 1 aromatic heterocycles. The molecule has 136 valence electrons. The van der Waals surface area contributed by atoms with E-state index in [4.69, 9.17) is 4.74 Å². The highest BCUT2D eigenvalue weighted by Gasteiger charge is 2.20. The summed E-state index contributed by atoms with van der Waals surface area (Å²) in [5, 5.41) is 13.7. The molecule has 0 aliphatic heterocycles. The maximum absolute atomic E-state index is 12.5. The number of ether oxygens (including phenoxy) is 1. The number of fused-ring (bicyclic) bond motifs is 1. The zero-order valence-electron chi connectivity index (χ0n) is 14.8. The van der Waals surface area contributed by atoms with Gasteiger partial charge in [-0.2, -0.15) is 0 Å². The lowest BCUT2D eigenvalue weighted by Crippen LogP contribution is -2.32. The number of anilines is 1. The molecule has 2 aromatic carbocycles. The van der Waals surface area contributed by atoms with Crippen LogP contribution in [0.25, 0.3) is 10.8 Å². The number of carbonyl (C=O) groups is 1. The van der Waals surface area contributed by atoms with E-state index >= 15 is 0 Å². The molecule has 0 aliphatic rings. The summed E-state index contributed by atoms with van der Waals surface area (Å²) in [6, 6.07) is 13.9. The summed E-state index contributed by atoms with van der Waals surface area (Å²) in [6.07, 6.45) is 1.06. The zero-order valence-corrected chi connectivity index (χ0v) is 16.4. The van der Waals surface area contributed by atoms with E-state index in [-0.39, 0.29) is 5.91 Å². The van der Waals surface area contributed by atoms with Crippen LogP contribution >= 0.6 is 23.1 Å². The molecule has 0 radical (unpaired) electrons. The maximum Gasteiger partial charge on any atom is 0.267 e. The van der Waals surface area contributed by atoms with Crippen molar-refractivity contribution in [2.45, 2.75) is 37.1 Å². The number of hydrogen-bond acceptors (Lipinski definition) is 6. The number of aromatic nitrogens is 2. The number of thioether (sulfide) groups is 1. The van der Waals surface area contributed by atoms with E-state index in [1.54, 1.807) is 11.8 Å². The van der Waals surface area contributed by atoms with Gasteiger partial charge in [-0.15, -0.1) is 10.2 Å². The fourth-order valence-corrected chi connectivity index (χ4v) is 4.10. The third-order valence-corrected chi connectivity index (χ3v) is 5.91. The van der Waals surface area contributed by atoms with Gasteiger partial charge >= 0.3 is 0 Å². The summed E-state index contributed by atoms with van der Waals surface area (Å²) in [4.78, 5) is 12.5. The van der Waals surface area contributed by atoms with Crippen molar-refractivity contribution in [3.63, 3.8) is 0 Å². The summed E-state index contributed by atoms with van der Waals surface area (Å²) >= 11 is 3.04. The van der Waals surface area contributed by atoms with Crippen molar-refractivity contribution >= 4 is 44.9 Å². The molecule has 0 spiro atoms. The normalized spacial score (nSPS) is 12.1. The molecule has 0 aliphatic carbocycles. The van der Waals surface area contributed by atoms with Crippen LogP contribution in [-0.2, 0) is 4.79 Å². The molecular weight excluding hydrogens is 366 g/mol. The molecular formula is C19H21N3O2S2. The first-order valence-corrected chi connectivity index (χ1v) is 10.4. The van der Waals surface area contributed by atoms with E-state index in [9.17, 15) is 4.79 Å². The number of hydrogen-bond donors (Lipinski definition) is 1. The Labute approximate surface area is 161 Å². The van der Waals surface area contributed by atoms with E-state index in [0.29, 0.717) is 17.3 Å². The Bertz CT molecular complexity index is 882. The van der Waals surface area contributed by atoms with Gasteiger partial charge in [0.05, 0.1) is 0 Å². The maximum atomic E-state index is 12.5. The van der Waals surface area contributed by atoms with Crippen molar-refractivity contribution < 1.29 is 9.53 Å². The van der Waals surface area contributed by atoms with Gasteiger partial charge in [0.1, 0.15) is 5.75 Å². The lowest BCUT2D eigenvalue weighted by molar-refractivity contribution is -0.122. The number of rotatable bonds is 8. The van der Waals surface area contributed by atoms with E-state index in [0.717, 1.165) is 27.3 Å². The molecule has 3 aromatic rings. The number of carbonyl (C=O) groups excluding carboxylic acids is 1. The standard InChI is InChI=1S/C19H21N3O2S2/c1-3-11-25-19-22-21-18(26-19)20-17(23)16(4-2)24-15-10-9-13-7-5-6-8-14(13)12-15/h5-10,12,16H,3-4,11H2,1-2H3,(H,20,21,23)/t16-/m0/s1. The molecule has 1 amide bonds. The second kappa shape index (κ2) is 9.00. The summed E-state index contributed by atoms with van der Waals surface area (Å²) in [7, 11) is 0. The van der Waals surface area contributed by atoms with Gasteiger partial charge in [-0.25, -0.2) is 0 Å². The van der Waals surface area contributed by atoms with E-state index in [2.05, 4.69) is 22.4 Å². The van der Waals surface area contributed by atoms with Crippen LogP contribution < -0.4 is 10.1 Å². The van der Waals surface area contributed by atoms with E-state index < -0.39 is 6.10 Å². The van der Waals surface area contributed by atoms with Gasteiger partial charge in [0, 0.05) is 5.75 Å². The monoisotopic (exact) mass is 387 g/mol. The molecule has 1 N–H and O–H groups in total. The second-order valence-electron chi connectivity index (χ2n) is 5.73. The first kappa shape index (κ1) is 18.7. The molecule has 1 heterocycles. The Morgan fingerprint density at radius 2 is 2.00 bits per heavy atom. The van der Waals surface area contributed by atoms with Crippen LogP contribution in [0.1, 0.15) is 26.7 Å². The summed E-state index contributed by atoms with van der Waals surface area (Å²) in [5.74, 6) is 1.47. The van der Waals surface area contributed by atoms with Crippen molar-refractivity contribution in [3.05, 3.63) is 42.5 Å². The first-order valence-electron chi connectivity index (χ1n) is 8.62. The average Bonchev–Trinajstić information content (AvgIpc) is 3.11. The van der Waals surface area contributed by atoms with E-state index in [1.165, 1.54) is 11.3 Å². The fraction of sp³-hybridized carbons (Fsp3) is 0.316. The van der Waals surface area contributed by atoms with Crippen molar-refractivity contribution in [1.29, 1.82) is 0 Å². The molecule has 0 fully saturated rings. The van der Waals surface area contributed by atoms with Gasteiger partial charge in [-0.05, 0) is 35.7 Å².